The second kappa shape index (κ2) is 8.03. The number of hydrogen-bond acceptors (Lipinski definition) is 2. The molecule has 0 heterocycles. The summed E-state index contributed by atoms with van der Waals surface area (Å²) in [5.74, 6) is 0.822. The molecule has 0 aliphatic carbocycles. The summed E-state index contributed by atoms with van der Waals surface area (Å²) >= 11 is 0. The Morgan fingerprint density at radius 3 is 2.52 bits per heavy atom. The molecule has 21 heavy (non-hydrogen) atoms. The highest BCUT2D eigenvalue weighted by atomic mass is 16.5. The van der Waals surface area contributed by atoms with E-state index in [1.165, 1.54) is 16.7 Å². The molecule has 0 saturated carbocycles. The highest BCUT2D eigenvalue weighted by Gasteiger charge is 2.16. The van der Waals surface area contributed by atoms with Gasteiger partial charge in [-0.05, 0) is 45.7 Å². The predicted octanol–water partition coefficient (Wildman–Crippen LogP) is 2.78. The molecule has 4 heteroatoms. The fourth-order valence-corrected chi connectivity index (χ4v) is 1.90. The molecule has 0 fully saturated rings. The first-order chi connectivity index (χ1) is 9.88. The summed E-state index contributed by atoms with van der Waals surface area (Å²) in [5, 5.41) is 6.59. The van der Waals surface area contributed by atoms with Gasteiger partial charge in [-0.3, -0.25) is 0 Å². The number of nitrogens with one attached hydrogen (secondary N) is 2. The maximum absolute atomic E-state index is 5.42. The summed E-state index contributed by atoms with van der Waals surface area (Å²) in [5.41, 5.74) is 3.61. The summed E-state index contributed by atoms with van der Waals surface area (Å²) in [6.45, 7) is 12.6. The second-order valence-electron chi connectivity index (χ2n) is 5.94. The number of aliphatic imine (C=N–C) groups is 1. The number of ether oxygens (including phenoxy) is 1. The lowest BCUT2D eigenvalue weighted by atomic mass is 10.1. The first kappa shape index (κ1) is 17.5. The van der Waals surface area contributed by atoms with Gasteiger partial charge < -0.3 is 15.4 Å². The smallest absolute Gasteiger partial charge is 0.191 e. The molecule has 0 aliphatic heterocycles. The maximum Gasteiger partial charge on any atom is 0.191 e. The quantitative estimate of drug-likeness (QED) is 0.626. The minimum atomic E-state index is -0.212. The van der Waals surface area contributed by atoms with E-state index < -0.39 is 0 Å². The Labute approximate surface area is 129 Å². The number of guanidine groups is 1. The first-order valence-corrected chi connectivity index (χ1v) is 7.51. The van der Waals surface area contributed by atoms with Gasteiger partial charge in [0.05, 0.1) is 12.1 Å². The standard InChI is InChI=1S/C17H29N3O/c1-7-18-16(20-12-17(4,5)21-6)19-11-15-9-8-13(2)10-14(15)3/h8-10H,7,11-12H2,1-6H3,(H2,18,19,20). The molecular weight excluding hydrogens is 262 g/mol. The Morgan fingerprint density at radius 2 is 1.95 bits per heavy atom. The summed E-state index contributed by atoms with van der Waals surface area (Å²) in [4.78, 5) is 4.65. The van der Waals surface area contributed by atoms with Crippen LogP contribution in [0.4, 0.5) is 0 Å². The van der Waals surface area contributed by atoms with E-state index in [1.54, 1.807) is 7.11 Å². The van der Waals surface area contributed by atoms with Gasteiger partial charge in [-0.2, -0.15) is 0 Å². The Bertz CT molecular complexity index is 481. The average molecular weight is 291 g/mol. The molecule has 0 radical (unpaired) electrons. The maximum atomic E-state index is 5.42. The lowest BCUT2D eigenvalue weighted by Crippen LogP contribution is -2.45. The van der Waals surface area contributed by atoms with Crippen LogP contribution in [0.2, 0.25) is 0 Å². The molecule has 1 aromatic carbocycles. The predicted molar refractivity (Wildman–Crippen MR) is 89.8 cm³/mol. The van der Waals surface area contributed by atoms with Gasteiger partial charge >= 0.3 is 0 Å². The van der Waals surface area contributed by atoms with Gasteiger partial charge in [-0.15, -0.1) is 0 Å². The lowest BCUT2D eigenvalue weighted by molar-refractivity contribution is 0.0268. The van der Waals surface area contributed by atoms with Crippen molar-refractivity contribution in [1.82, 2.24) is 10.6 Å². The Hall–Kier alpha value is -1.55. The van der Waals surface area contributed by atoms with Crippen molar-refractivity contribution in [2.24, 2.45) is 4.99 Å². The molecule has 4 nitrogen and oxygen atoms in total. The zero-order valence-corrected chi connectivity index (χ0v) is 14.2. The number of rotatable bonds is 6. The van der Waals surface area contributed by atoms with E-state index in [9.17, 15) is 0 Å². The van der Waals surface area contributed by atoms with Crippen molar-refractivity contribution in [3.8, 4) is 0 Å². The van der Waals surface area contributed by atoms with E-state index >= 15 is 0 Å². The molecule has 0 bridgehead atoms. The Kier molecular flexibility index (Phi) is 6.69. The summed E-state index contributed by atoms with van der Waals surface area (Å²) in [6, 6.07) is 6.47. The van der Waals surface area contributed by atoms with Crippen LogP contribution in [0.25, 0.3) is 0 Å². The van der Waals surface area contributed by atoms with Crippen molar-refractivity contribution in [2.75, 3.05) is 20.2 Å². The third-order valence-corrected chi connectivity index (χ3v) is 3.48. The summed E-state index contributed by atoms with van der Waals surface area (Å²) in [7, 11) is 1.72. The van der Waals surface area contributed by atoms with Crippen molar-refractivity contribution in [1.29, 1.82) is 0 Å². The highest BCUT2D eigenvalue weighted by Crippen LogP contribution is 2.11. The van der Waals surface area contributed by atoms with Crippen LogP contribution >= 0.6 is 0 Å². The average Bonchev–Trinajstić information content (AvgIpc) is 2.43. The van der Waals surface area contributed by atoms with Crippen LogP contribution in [0.15, 0.2) is 23.2 Å². The van der Waals surface area contributed by atoms with Gasteiger partial charge in [0.15, 0.2) is 5.96 Å². The topological polar surface area (TPSA) is 45.7 Å². The monoisotopic (exact) mass is 291 g/mol. The van der Waals surface area contributed by atoms with Gasteiger partial charge in [0.1, 0.15) is 0 Å². The third kappa shape index (κ3) is 6.17. The molecule has 0 amide bonds. The molecule has 0 saturated heterocycles. The first-order valence-electron chi connectivity index (χ1n) is 7.51. The van der Waals surface area contributed by atoms with Crippen LogP contribution in [0.1, 0.15) is 37.5 Å². The van der Waals surface area contributed by atoms with E-state index in [-0.39, 0.29) is 5.60 Å². The fraction of sp³-hybridized carbons (Fsp3) is 0.588. The van der Waals surface area contributed by atoms with Crippen molar-refractivity contribution in [3.63, 3.8) is 0 Å². The number of methoxy groups -OCH3 is 1. The lowest BCUT2D eigenvalue weighted by Gasteiger charge is -2.24. The number of hydrogen-bond donors (Lipinski definition) is 2. The Balaban J connectivity index is 2.71. The Morgan fingerprint density at radius 1 is 1.24 bits per heavy atom. The molecule has 0 aromatic heterocycles. The molecule has 1 rings (SSSR count). The van der Waals surface area contributed by atoms with Crippen LogP contribution in [0, 0.1) is 13.8 Å². The number of benzene rings is 1. The van der Waals surface area contributed by atoms with Gasteiger partial charge in [-0.1, -0.05) is 23.8 Å². The second-order valence-corrected chi connectivity index (χ2v) is 5.94. The van der Waals surface area contributed by atoms with Crippen LogP contribution in [0.3, 0.4) is 0 Å². The van der Waals surface area contributed by atoms with Crippen molar-refractivity contribution in [3.05, 3.63) is 34.9 Å². The van der Waals surface area contributed by atoms with Gasteiger partial charge in [0, 0.05) is 20.2 Å². The van der Waals surface area contributed by atoms with E-state index in [0.717, 1.165) is 12.5 Å². The van der Waals surface area contributed by atoms with Crippen molar-refractivity contribution in [2.45, 2.75) is 46.8 Å². The molecule has 1 aromatic rings. The van der Waals surface area contributed by atoms with Crippen LogP contribution in [0.5, 0.6) is 0 Å². The van der Waals surface area contributed by atoms with Gasteiger partial charge in [-0.25, -0.2) is 4.99 Å². The van der Waals surface area contributed by atoms with E-state index in [2.05, 4.69) is 54.6 Å². The summed E-state index contributed by atoms with van der Waals surface area (Å²) < 4.78 is 5.42. The van der Waals surface area contributed by atoms with Gasteiger partial charge in [0.2, 0.25) is 0 Å². The van der Waals surface area contributed by atoms with E-state index in [1.807, 2.05) is 13.8 Å². The summed E-state index contributed by atoms with van der Waals surface area (Å²) in [6.07, 6.45) is 0. The van der Waals surface area contributed by atoms with Gasteiger partial charge in [0.25, 0.3) is 0 Å². The van der Waals surface area contributed by atoms with Crippen molar-refractivity contribution >= 4 is 5.96 Å². The molecule has 0 atom stereocenters. The third-order valence-electron chi connectivity index (χ3n) is 3.48. The SMILES string of the molecule is CCNC(=NCc1ccc(C)cc1C)NCC(C)(C)OC. The van der Waals surface area contributed by atoms with E-state index in [0.29, 0.717) is 13.1 Å². The van der Waals surface area contributed by atoms with Crippen LogP contribution < -0.4 is 10.6 Å². The molecule has 2 N–H and O–H groups in total. The zero-order valence-electron chi connectivity index (χ0n) is 14.2. The zero-order chi connectivity index (χ0) is 15.9. The normalized spacial score (nSPS) is 12.4. The molecular formula is C17H29N3O. The molecule has 0 unspecified atom stereocenters. The molecule has 0 aliphatic rings. The number of aryl methyl sites for hydroxylation is 2. The minimum Gasteiger partial charge on any atom is -0.377 e. The van der Waals surface area contributed by atoms with E-state index in [4.69, 9.17) is 4.74 Å². The molecule has 118 valence electrons. The minimum absolute atomic E-state index is 0.212. The fourth-order valence-electron chi connectivity index (χ4n) is 1.90. The van der Waals surface area contributed by atoms with Crippen LogP contribution in [-0.2, 0) is 11.3 Å². The highest BCUT2D eigenvalue weighted by molar-refractivity contribution is 5.79. The van der Waals surface area contributed by atoms with Crippen molar-refractivity contribution < 1.29 is 4.74 Å². The molecule has 0 spiro atoms. The van der Waals surface area contributed by atoms with Crippen LogP contribution in [-0.4, -0.2) is 31.8 Å². The largest absolute Gasteiger partial charge is 0.377 e. The number of nitrogens with zero attached hydrogens (tertiary/aromatic N) is 1.